The van der Waals surface area contributed by atoms with Crippen LogP contribution in [-0.4, -0.2) is 33.5 Å². The second-order valence-corrected chi connectivity index (χ2v) is 6.37. The largest absolute Gasteiger partial charge is 0.507 e. The van der Waals surface area contributed by atoms with Crippen LogP contribution >= 0.6 is 0 Å². The van der Waals surface area contributed by atoms with E-state index in [-0.39, 0.29) is 11.7 Å². The maximum Gasteiger partial charge on any atom is 0.125 e. The highest BCUT2D eigenvalue weighted by Gasteiger charge is 2.25. The molecule has 122 valence electrons. The molecule has 1 aliphatic heterocycles. The Kier molecular flexibility index (Phi) is 4.59. The van der Waals surface area contributed by atoms with Crippen molar-refractivity contribution in [3.8, 4) is 17.0 Å². The maximum absolute atomic E-state index is 10.5. The van der Waals surface area contributed by atoms with Gasteiger partial charge in [-0.2, -0.15) is 5.10 Å². The van der Waals surface area contributed by atoms with E-state index in [1.165, 1.54) is 0 Å². The van der Waals surface area contributed by atoms with Crippen molar-refractivity contribution in [1.82, 2.24) is 15.5 Å². The van der Waals surface area contributed by atoms with Crippen molar-refractivity contribution < 1.29 is 10.2 Å². The van der Waals surface area contributed by atoms with Crippen molar-refractivity contribution in [3.05, 3.63) is 41.1 Å². The summed E-state index contributed by atoms with van der Waals surface area (Å²) in [6.45, 7) is 5.68. The summed E-state index contributed by atoms with van der Waals surface area (Å²) in [4.78, 5) is 0. The van der Waals surface area contributed by atoms with E-state index in [4.69, 9.17) is 0 Å². The number of piperidine rings is 1. The van der Waals surface area contributed by atoms with E-state index in [0.29, 0.717) is 17.0 Å². The zero-order chi connectivity index (χ0) is 16.4. The number of nitrogens with zero attached hydrogens (tertiary/aromatic N) is 2. The molecule has 0 bridgehead atoms. The molecule has 1 aromatic heterocycles. The topological polar surface area (TPSA) is 78.3 Å². The number of aromatic hydroxyl groups is 1. The average Bonchev–Trinajstić information content (AvgIpc) is 2.55. The van der Waals surface area contributed by atoms with Crippen molar-refractivity contribution in [2.24, 2.45) is 5.92 Å². The standard InChI is InChI=1S/C18H23N3O2/c1-11-5-6-14(16(22)8-11)17-12(2)9-15(20-21-17)18(23)13-4-3-7-19-10-13/h5-6,8-9,13,18-19,22-23H,3-4,7,10H2,1-2H3/t13-,18-/m1/s1. The van der Waals surface area contributed by atoms with E-state index in [2.05, 4.69) is 15.5 Å². The number of hydrogen-bond acceptors (Lipinski definition) is 5. The highest BCUT2D eigenvalue weighted by Crippen LogP contribution is 2.32. The predicted molar refractivity (Wildman–Crippen MR) is 89.2 cm³/mol. The molecule has 1 fully saturated rings. The van der Waals surface area contributed by atoms with Crippen molar-refractivity contribution in [2.45, 2.75) is 32.8 Å². The van der Waals surface area contributed by atoms with E-state index < -0.39 is 6.10 Å². The zero-order valence-electron chi connectivity index (χ0n) is 13.6. The van der Waals surface area contributed by atoms with Crippen LogP contribution < -0.4 is 5.32 Å². The lowest BCUT2D eigenvalue weighted by molar-refractivity contribution is 0.0875. The van der Waals surface area contributed by atoms with Crippen molar-refractivity contribution in [1.29, 1.82) is 0 Å². The van der Waals surface area contributed by atoms with Gasteiger partial charge in [-0.3, -0.25) is 0 Å². The predicted octanol–water partition coefficient (Wildman–Crippen LogP) is 2.50. The second kappa shape index (κ2) is 6.64. The number of phenolic OH excluding ortho intramolecular Hbond substituents is 1. The first kappa shape index (κ1) is 15.9. The lowest BCUT2D eigenvalue weighted by atomic mass is 9.91. The molecule has 0 amide bonds. The number of aryl methyl sites for hydroxylation is 2. The number of aliphatic hydroxyl groups excluding tert-OH is 1. The zero-order valence-corrected chi connectivity index (χ0v) is 13.6. The van der Waals surface area contributed by atoms with Crippen molar-refractivity contribution >= 4 is 0 Å². The summed E-state index contributed by atoms with van der Waals surface area (Å²) in [5.74, 6) is 0.378. The van der Waals surface area contributed by atoms with E-state index in [9.17, 15) is 10.2 Å². The normalized spacial score (nSPS) is 19.5. The third-order valence-corrected chi connectivity index (χ3v) is 4.50. The highest BCUT2D eigenvalue weighted by molar-refractivity contribution is 5.69. The van der Waals surface area contributed by atoms with Gasteiger partial charge in [0.2, 0.25) is 0 Å². The van der Waals surface area contributed by atoms with Gasteiger partial charge in [0.05, 0.1) is 11.4 Å². The molecule has 2 heterocycles. The molecule has 1 aromatic carbocycles. The van der Waals surface area contributed by atoms with Gasteiger partial charge in [-0.15, -0.1) is 5.10 Å². The molecule has 0 spiro atoms. The van der Waals surface area contributed by atoms with E-state index >= 15 is 0 Å². The molecule has 0 aliphatic carbocycles. The van der Waals surface area contributed by atoms with Crippen LogP contribution in [0.5, 0.6) is 5.75 Å². The van der Waals surface area contributed by atoms with Crippen molar-refractivity contribution in [2.75, 3.05) is 13.1 Å². The first-order chi connectivity index (χ1) is 11.1. The number of hydrogen-bond donors (Lipinski definition) is 3. The van der Waals surface area contributed by atoms with Gasteiger partial charge in [-0.05, 0) is 62.6 Å². The highest BCUT2D eigenvalue weighted by atomic mass is 16.3. The average molecular weight is 313 g/mol. The molecular weight excluding hydrogens is 290 g/mol. The minimum atomic E-state index is -0.602. The van der Waals surface area contributed by atoms with Gasteiger partial charge in [0.15, 0.2) is 0 Å². The second-order valence-electron chi connectivity index (χ2n) is 6.37. The molecule has 23 heavy (non-hydrogen) atoms. The SMILES string of the molecule is Cc1ccc(-c2nnc([C@H](O)[C@@H]3CCCNC3)cc2C)c(O)c1. The number of rotatable bonds is 3. The molecule has 1 saturated heterocycles. The van der Waals surface area contributed by atoms with Crippen LogP contribution in [0.3, 0.4) is 0 Å². The minimum absolute atomic E-state index is 0.177. The van der Waals surface area contributed by atoms with E-state index in [0.717, 1.165) is 37.1 Å². The number of phenols is 1. The molecule has 2 atom stereocenters. The molecule has 0 unspecified atom stereocenters. The lowest BCUT2D eigenvalue weighted by Crippen LogP contribution is -2.33. The first-order valence-corrected chi connectivity index (χ1v) is 8.09. The summed E-state index contributed by atoms with van der Waals surface area (Å²) in [5.41, 5.74) is 3.82. The van der Waals surface area contributed by atoms with Crippen LogP contribution in [0, 0.1) is 19.8 Å². The van der Waals surface area contributed by atoms with Crippen LogP contribution in [0.2, 0.25) is 0 Å². The number of aliphatic hydroxyl groups is 1. The smallest absolute Gasteiger partial charge is 0.125 e. The Labute approximate surface area is 136 Å². The fourth-order valence-corrected chi connectivity index (χ4v) is 3.15. The van der Waals surface area contributed by atoms with Crippen LogP contribution in [0.25, 0.3) is 11.3 Å². The fraction of sp³-hybridized carbons (Fsp3) is 0.444. The molecule has 2 aromatic rings. The number of aromatic nitrogens is 2. The van der Waals surface area contributed by atoms with Gasteiger partial charge in [-0.25, -0.2) is 0 Å². The molecule has 3 rings (SSSR count). The molecule has 5 nitrogen and oxygen atoms in total. The summed E-state index contributed by atoms with van der Waals surface area (Å²) in [6.07, 6.45) is 1.47. The Morgan fingerprint density at radius 2 is 2.04 bits per heavy atom. The monoisotopic (exact) mass is 313 g/mol. The van der Waals surface area contributed by atoms with Crippen LogP contribution in [0.4, 0.5) is 0 Å². The third kappa shape index (κ3) is 3.35. The number of nitrogens with one attached hydrogen (secondary N) is 1. The summed E-state index contributed by atoms with van der Waals surface area (Å²) >= 11 is 0. The molecular formula is C18H23N3O2. The summed E-state index contributed by atoms with van der Waals surface area (Å²) in [6, 6.07) is 7.38. The summed E-state index contributed by atoms with van der Waals surface area (Å²) in [5, 5.41) is 32.4. The number of benzene rings is 1. The Bertz CT molecular complexity index is 697. The molecule has 5 heteroatoms. The van der Waals surface area contributed by atoms with Crippen LogP contribution in [0.1, 0.15) is 35.8 Å². The third-order valence-electron chi connectivity index (χ3n) is 4.50. The molecule has 0 radical (unpaired) electrons. The van der Waals surface area contributed by atoms with Gasteiger partial charge >= 0.3 is 0 Å². The minimum Gasteiger partial charge on any atom is -0.507 e. The Hall–Kier alpha value is -1.98. The Morgan fingerprint density at radius 3 is 2.70 bits per heavy atom. The molecule has 1 aliphatic rings. The summed E-state index contributed by atoms with van der Waals surface area (Å²) in [7, 11) is 0. The fourth-order valence-electron chi connectivity index (χ4n) is 3.15. The Morgan fingerprint density at radius 1 is 1.22 bits per heavy atom. The van der Waals surface area contributed by atoms with Gasteiger partial charge in [0.1, 0.15) is 11.9 Å². The van der Waals surface area contributed by atoms with Gasteiger partial charge in [0.25, 0.3) is 0 Å². The summed E-state index contributed by atoms with van der Waals surface area (Å²) < 4.78 is 0. The van der Waals surface area contributed by atoms with Crippen molar-refractivity contribution in [3.63, 3.8) is 0 Å². The van der Waals surface area contributed by atoms with E-state index in [1.54, 1.807) is 6.07 Å². The lowest BCUT2D eigenvalue weighted by Gasteiger charge is -2.27. The molecule has 3 N–H and O–H groups in total. The van der Waals surface area contributed by atoms with Gasteiger partial charge in [0, 0.05) is 18.0 Å². The quantitative estimate of drug-likeness (QED) is 0.811. The van der Waals surface area contributed by atoms with Crippen LogP contribution in [0.15, 0.2) is 24.3 Å². The van der Waals surface area contributed by atoms with Gasteiger partial charge < -0.3 is 15.5 Å². The first-order valence-electron chi connectivity index (χ1n) is 8.09. The maximum atomic E-state index is 10.5. The van der Waals surface area contributed by atoms with Crippen LogP contribution in [-0.2, 0) is 0 Å². The van der Waals surface area contributed by atoms with Gasteiger partial charge in [-0.1, -0.05) is 6.07 Å². The molecule has 0 saturated carbocycles. The van der Waals surface area contributed by atoms with E-state index in [1.807, 2.05) is 32.0 Å². The Balaban J connectivity index is 1.88.